The molecule has 240 valence electrons. The van der Waals surface area contributed by atoms with Crippen LogP contribution in [0.4, 0.5) is 5.69 Å². The standard InChI is InChI=1S/C37H54N4O3/c1-24(2)9-7-10-25(3)32-17-18-33-26(11-8-20-37(32,33)4)21-30-31-23-40-36(44)41(29-15-13-28(14-16-29)38(5)6)35(43)39(40)22-27(31)12-19-34(30)42/h13-16,21,24-25,30,32-34,42H,7-12,17-20,22-23H2,1-6H3/b26-21+/t25-,30?,32?,33+,34+,37-/m1/s1. The lowest BCUT2D eigenvalue weighted by atomic mass is 9.60. The van der Waals surface area contributed by atoms with Gasteiger partial charge in [-0.05, 0) is 109 Å². The van der Waals surface area contributed by atoms with Crippen LogP contribution in [0.1, 0.15) is 91.9 Å². The predicted molar refractivity (Wildman–Crippen MR) is 178 cm³/mol. The first-order valence-corrected chi connectivity index (χ1v) is 17.3. The molecule has 2 heterocycles. The molecule has 3 aliphatic carbocycles. The van der Waals surface area contributed by atoms with Crippen LogP contribution in [0.3, 0.4) is 0 Å². The summed E-state index contributed by atoms with van der Waals surface area (Å²) in [6.45, 7) is 10.5. The zero-order valence-corrected chi connectivity index (χ0v) is 27.9. The van der Waals surface area contributed by atoms with E-state index in [-0.39, 0.29) is 17.3 Å². The number of hydrogen-bond acceptors (Lipinski definition) is 4. The van der Waals surface area contributed by atoms with E-state index in [9.17, 15) is 14.7 Å². The van der Waals surface area contributed by atoms with E-state index in [1.807, 2.05) is 43.3 Å². The molecule has 7 nitrogen and oxygen atoms in total. The van der Waals surface area contributed by atoms with Crippen LogP contribution >= 0.6 is 0 Å². The number of allylic oxidation sites excluding steroid dienone is 2. The van der Waals surface area contributed by atoms with E-state index < -0.39 is 6.10 Å². The summed E-state index contributed by atoms with van der Waals surface area (Å²) < 4.78 is 4.53. The van der Waals surface area contributed by atoms with Gasteiger partial charge in [0.15, 0.2) is 0 Å². The van der Waals surface area contributed by atoms with Gasteiger partial charge >= 0.3 is 11.4 Å². The number of nitrogens with zero attached hydrogens (tertiary/aromatic N) is 4. The summed E-state index contributed by atoms with van der Waals surface area (Å²) >= 11 is 0. The molecule has 2 saturated carbocycles. The molecule has 1 aromatic heterocycles. The number of benzene rings is 1. The molecule has 1 aliphatic heterocycles. The van der Waals surface area contributed by atoms with Crippen molar-refractivity contribution in [3.8, 4) is 5.69 Å². The van der Waals surface area contributed by atoms with Crippen LogP contribution in [-0.2, 0) is 13.1 Å². The zero-order valence-electron chi connectivity index (χ0n) is 27.9. The second kappa shape index (κ2) is 12.2. The number of hydrogen-bond donors (Lipinski definition) is 1. The highest BCUT2D eigenvalue weighted by Crippen LogP contribution is 2.60. The Morgan fingerprint density at radius 3 is 2.36 bits per heavy atom. The number of aliphatic hydroxyl groups excluding tert-OH is 1. The van der Waals surface area contributed by atoms with Crippen molar-refractivity contribution in [1.29, 1.82) is 0 Å². The number of fused-ring (bicyclic) bond motifs is 2. The fourth-order valence-electron chi connectivity index (χ4n) is 9.52. The van der Waals surface area contributed by atoms with E-state index in [2.05, 4.69) is 33.8 Å². The Bertz CT molecular complexity index is 1540. The number of aromatic nitrogens is 3. The van der Waals surface area contributed by atoms with E-state index in [1.165, 1.54) is 55.1 Å². The molecule has 1 N–H and O–H groups in total. The molecule has 0 amide bonds. The number of rotatable bonds is 8. The summed E-state index contributed by atoms with van der Waals surface area (Å²) in [7, 11) is 3.94. The van der Waals surface area contributed by atoms with Gasteiger partial charge in [0.05, 0.1) is 24.9 Å². The van der Waals surface area contributed by atoms with Gasteiger partial charge in [-0.1, -0.05) is 58.6 Å². The summed E-state index contributed by atoms with van der Waals surface area (Å²) in [6, 6.07) is 7.55. The van der Waals surface area contributed by atoms with Crippen LogP contribution in [0.2, 0.25) is 0 Å². The highest BCUT2D eigenvalue weighted by molar-refractivity contribution is 5.49. The van der Waals surface area contributed by atoms with Crippen molar-refractivity contribution in [3.63, 3.8) is 0 Å². The SMILES string of the molecule is CC(C)CCC[C@@H](C)C1CC[C@H]2/C(=C/C3C4=C(CC[C@@H]3O)Cn3c(=O)n(-c5ccc(N(C)C)cc5)c(=O)n3C4)CCC[C@]12C. The first-order valence-electron chi connectivity index (χ1n) is 17.3. The van der Waals surface area contributed by atoms with Gasteiger partial charge in [0.25, 0.3) is 0 Å². The van der Waals surface area contributed by atoms with Crippen molar-refractivity contribution in [3.05, 3.63) is 68.0 Å². The summed E-state index contributed by atoms with van der Waals surface area (Å²) in [6.07, 6.45) is 13.7. The Hall–Kier alpha value is -2.80. The van der Waals surface area contributed by atoms with E-state index in [4.69, 9.17) is 0 Å². The monoisotopic (exact) mass is 602 g/mol. The van der Waals surface area contributed by atoms with Crippen molar-refractivity contribution in [2.75, 3.05) is 19.0 Å². The van der Waals surface area contributed by atoms with Crippen molar-refractivity contribution in [1.82, 2.24) is 13.9 Å². The largest absolute Gasteiger partial charge is 0.392 e. The number of aliphatic hydroxyl groups is 1. The Morgan fingerprint density at radius 2 is 1.68 bits per heavy atom. The van der Waals surface area contributed by atoms with Crippen LogP contribution in [0.15, 0.2) is 56.6 Å². The summed E-state index contributed by atoms with van der Waals surface area (Å²) in [5.74, 6) is 2.80. The molecule has 2 aromatic rings. The molecule has 0 bridgehead atoms. The minimum Gasteiger partial charge on any atom is -0.392 e. The van der Waals surface area contributed by atoms with Gasteiger partial charge in [0.1, 0.15) is 0 Å². The zero-order chi connectivity index (χ0) is 31.3. The van der Waals surface area contributed by atoms with Crippen molar-refractivity contribution in [2.45, 2.75) is 111 Å². The molecule has 0 spiro atoms. The van der Waals surface area contributed by atoms with Gasteiger partial charge in [-0.15, -0.1) is 0 Å². The molecule has 4 aliphatic rings. The van der Waals surface area contributed by atoms with Gasteiger partial charge in [0, 0.05) is 25.7 Å². The molecule has 7 heteroatoms. The minimum atomic E-state index is -0.448. The summed E-state index contributed by atoms with van der Waals surface area (Å²) in [5.41, 5.74) is 5.27. The highest BCUT2D eigenvalue weighted by atomic mass is 16.3. The van der Waals surface area contributed by atoms with Crippen molar-refractivity contribution >= 4 is 5.69 Å². The van der Waals surface area contributed by atoms with E-state index in [0.29, 0.717) is 36.5 Å². The maximum atomic E-state index is 13.7. The summed E-state index contributed by atoms with van der Waals surface area (Å²) in [5, 5.41) is 11.4. The van der Waals surface area contributed by atoms with Gasteiger partial charge in [-0.25, -0.2) is 23.5 Å². The molecule has 2 fully saturated rings. The third-order valence-corrected chi connectivity index (χ3v) is 12.0. The summed E-state index contributed by atoms with van der Waals surface area (Å²) in [4.78, 5) is 29.2. The Balaban J connectivity index is 1.27. The number of anilines is 1. The van der Waals surface area contributed by atoms with Crippen LogP contribution < -0.4 is 16.3 Å². The first kappa shape index (κ1) is 31.2. The van der Waals surface area contributed by atoms with Crippen LogP contribution in [-0.4, -0.2) is 39.2 Å². The molecular weight excluding hydrogens is 548 g/mol. The third-order valence-electron chi connectivity index (χ3n) is 12.0. The Kier molecular flexibility index (Phi) is 8.64. The van der Waals surface area contributed by atoms with E-state index >= 15 is 0 Å². The van der Waals surface area contributed by atoms with E-state index in [0.717, 1.165) is 41.9 Å². The van der Waals surface area contributed by atoms with Gasteiger partial charge in [-0.2, -0.15) is 0 Å². The van der Waals surface area contributed by atoms with Crippen molar-refractivity contribution in [2.24, 2.45) is 35.0 Å². The molecular formula is C37H54N4O3. The second-order valence-electron chi connectivity index (χ2n) is 15.3. The maximum absolute atomic E-state index is 13.7. The van der Waals surface area contributed by atoms with Crippen LogP contribution in [0.5, 0.6) is 0 Å². The third kappa shape index (κ3) is 5.48. The quantitative estimate of drug-likeness (QED) is 0.348. The molecule has 6 rings (SSSR count). The van der Waals surface area contributed by atoms with Gasteiger partial charge < -0.3 is 10.0 Å². The van der Waals surface area contributed by atoms with Crippen LogP contribution in [0, 0.1) is 35.0 Å². The molecule has 0 saturated heterocycles. The van der Waals surface area contributed by atoms with Gasteiger partial charge in [-0.3, -0.25) is 0 Å². The molecule has 0 radical (unpaired) electrons. The fraction of sp³-hybridized carbons (Fsp3) is 0.676. The molecule has 2 unspecified atom stereocenters. The van der Waals surface area contributed by atoms with Gasteiger partial charge in [0.2, 0.25) is 0 Å². The Morgan fingerprint density at radius 1 is 0.977 bits per heavy atom. The average Bonchev–Trinajstić information content (AvgIpc) is 3.47. The topological polar surface area (TPSA) is 72.4 Å². The Labute approximate surface area is 263 Å². The lowest BCUT2D eigenvalue weighted by Crippen LogP contribution is -2.39. The molecule has 1 aromatic carbocycles. The van der Waals surface area contributed by atoms with Crippen molar-refractivity contribution < 1.29 is 5.11 Å². The predicted octanol–water partition coefficient (Wildman–Crippen LogP) is 6.55. The fourth-order valence-corrected chi connectivity index (χ4v) is 9.52. The van der Waals surface area contributed by atoms with Crippen LogP contribution in [0.25, 0.3) is 5.69 Å². The second-order valence-corrected chi connectivity index (χ2v) is 15.3. The first-order chi connectivity index (χ1) is 21.0. The average molecular weight is 603 g/mol. The lowest BCUT2D eigenvalue weighted by Gasteiger charge is -2.45. The maximum Gasteiger partial charge on any atom is 0.352 e. The normalized spacial score (nSPS) is 30.0. The lowest BCUT2D eigenvalue weighted by molar-refractivity contribution is 0.0897. The highest BCUT2D eigenvalue weighted by Gasteiger charge is 2.51. The smallest absolute Gasteiger partial charge is 0.352 e. The molecule has 44 heavy (non-hydrogen) atoms. The molecule has 6 atom stereocenters. The van der Waals surface area contributed by atoms with E-state index in [1.54, 1.807) is 14.9 Å². The minimum absolute atomic E-state index is 0.0860.